The molecule has 0 bridgehead atoms. The first-order valence-corrected chi connectivity index (χ1v) is 6.91. The van der Waals surface area contributed by atoms with Gasteiger partial charge >= 0.3 is 0 Å². The average molecular weight is 253 g/mol. The van der Waals surface area contributed by atoms with Crippen LogP contribution in [0, 0.1) is 0 Å². The maximum absolute atomic E-state index is 4.58. The second-order valence-corrected chi connectivity index (χ2v) is 5.79. The third-order valence-corrected chi connectivity index (χ3v) is 3.83. The van der Waals surface area contributed by atoms with Crippen LogP contribution in [0.5, 0.6) is 0 Å². The molecule has 17 heavy (non-hydrogen) atoms. The van der Waals surface area contributed by atoms with Crippen molar-refractivity contribution in [3.8, 4) is 0 Å². The zero-order valence-corrected chi connectivity index (χ0v) is 11.4. The summed E-state index contributed by atoms with van der Waals surface area (Å²) < 4.78 is 2.02. The molecule has 2 heterocycles. The summed E-state index contributed by atoms with van der Waals surface area (Å²) in [5.41, 5.74) is 0. The van der Waals surface area contributed by atoms with Crippen LogP contribution in [0.2, 0.25) is 0 Å². The smallest absolute Gasteiger partial charge is 0.157 e. The standard InChI is InChI=1S/C11H19N5S/c1-4-16-7-13-15-10(16)6-12-11-14-8(2)5-9(3)17-11/h7-9H,4-6H2,1-3H3,(H,12,14). The molecule has 0 radical (unpaired) electrons. The van der Waals surface area contributed by atoms with Crippen LogP contribution in [-0.4, -0.2) is 31.2 Å². The SMILES string of the molecule is CCn1cnnc1CN=C1NC(C)CC(C)S1. The number of aryl methyl sites for hydroxylation is 1. The van der Waals surface area contributed by atoms with Crippen LogP contribution < -0.4 is 5.32 Å². The van der Waals surface area contributed by atoms with Gasteiger partial charge in [-0.3, -0.25) is 4.99 Å². The molecule has 1 N–H and O–H groups in total. The second-order valence-electron chi connectivity index (χ2n) is 4.36. The first-order chi connectivity index (χ1) is 8.19. The topological polar surface area (TPSA) is 55.1 Å². The van der Waals surface area contributed by atoms with Gasteiger partial charge in [0, 0.05) is 17.8 Å². The van der Waals surface area contributed by atoms with Gasteiger partial charge in [-0.2, -0.15) is 0 Å². The van der Waals surface area contributed by atoms with Gasteiger partial charge in [0.05, 0.1) is 0 Å². The number of thioether (sulfide) groups is 1. The quantitative estimate of drug-likeness (QED) is 0.890. The van der Waals surface area contributed by atoms with Crippen LogP contribution in [0.3, 0.4) is 0 Å². The van der Waals surface area contributed by atoms with Gasteiger partial charge in [-0.05, 0) is 20.3 Å². The van der Waals surface area contributed by atoms with Gasteiger partial charge in [0.1, 0.15) is 12.9 Å². The Bertz CT molecular complexity index is 388. The van der Waals surface area contributed by atoms with Crippen LogP contribution in [0.1, 0.15) is 33.0 Å². The van der Waals surface area contributed by atoms with E-state index in [1.807, 2.05) is 4.57 Å². The third kappa shape index (κ3) is 3.21. The molecule has 1 aromatic rings. The lowest BCUT2D eigenvalue weighted by atomic mass is 10.2. The summed E-state index contributed by atoms with van der Waals surface area (Å²) in [5.74, 6) is 0.924. The largest absolute Gasteiger partial charge is 0.362 e. The molecule has 1 aliphatic rings. The van der Waals surface area contributed by atoms with Gasteiger partial charge < -0.3 is 9.88 Å². The van der Waals surface area contributed by atoms with Gasteiger partial charge in [-0.1, -0.05) is 18.7 Å². The Kier molecular flexibility index (Phi) is 4.04. The van der Waals surface area contributed by atoms with Gasteiger partial charge in [0.15, 0.2) is 11.0 Å². The molecule has 0 aromatic carbocycles. The molecule has 0 aliphatic carbocycles. The fourth-order valence-electron chi connectivity index (χ4n) is 1.93. The maximum atomic E-state index is 4.58. The lowest BCUT2D eigenvalue weighted by molar-refractivity contribution is 0.596. The van der Waals surface area contributed by atoms with Gasteiger partial charge in [0.2, 0.25) is 0 Å². The van der Waals surface area contributed by atoms with Gasteiger partial charge in [0.25, 0.3) is 0 Å². The highest BCUT2D eigenvalue weighted by atomic mass is 32.2. The van der Waals surface area contributed by atoms with Gasteiger partial charge in [-0.15, -0.1) is 10.2 Å². The van der Waals surface area contributed by atoms with E-state index >= 15 is 0 Å². The number of hydrogen-bond acceptors (Lipinski definition) is 4. The minimum absolute atomic E-state index is 0.508. The Morgan fingerprint density at radius 2 is 2.41 bits per heavy atom. The van der Waals surface area contributed by atoms with E-state index in [-0.39, 0.29) is 0 Å². The van der Waals surface area contributed by atoms with E-state index < -0.39 is 0 Å². The molecule has 6 heteroatoms. The molecular formula is C11H19N5S. The highest BCUT2D eigenvalue weighted by Crippen LogP contribution is 2.22. The van der Waals surface area contributed by atoms with Gasteiger partial charge in [-0.25, -0.2) is 0 Å². The summed E-state index contributed by atoms with van der Waals surface area (Å²) in [5, 5.41) is 13.0. The fourth-order valence-corrected chi connectivity index (χ4v) is 3.11. The minimum atomic E-state index is 0.508. The summed E-state index contributed by atoms with van der Waals surface area (Å²) in [7, 11) is 0. The Hall–Kier alpha value is -1.04. The van der Waals surface area contributed by atoms with Crippen molar-refractivity contribution in [1.29, 1.82) is 0 Å². The van der Waals surface area contributed by atoms with Crippen molar-refractivity contribution < 1.29 is 0 Å². The Labute approximate surface area is 106 Å². The van der Waals surface area contributed by atoms with Crippen molar-refractivity contribution in [1.82, 2.24) is 20.1 Å². The van der Waals surface area contributed by atoms with Crippen molar-refractivity contribution in [3.63, 3.8) is 0 Å². The predicted molar refractivity (Wildman–Crippen MR) is 71.1 cm³/mol. The number of nitrogens with one attached hydrogen (secondary N) is 1. The van der Waals surface area contributed by atoms with E-state index in [4.69, 9.17) is 0 Å². The fraction of sp³-hybridized carbons (Fsp3) is 0.727. The number of aromatic nitrogens is 3. The molecule has 0 spiro atoms. The highest BCUT2D eigenvalue weighted by Gasteiger charge is 2.19. The Morgan fingerprint density at radius 3 is 3.12 bits per heavy atom. The summed E-state index contributed by atoms with van der Waals surface area (Å²) in [6.07, 6.45) is 2.94. The number of amidine groups is 1. The van der Waals surface area contributed by atoms with Crippen molar-refractivity contribution >= 4 is 16.9 Å². The molecule has 2 unspecified atom stereocenters. The molecular weight excluding hydrogens is 234 g/mol. The highest BCUT2D eigenvalue weighted by molar-refractivity contribution is 8.14. The van der Waals surface area contributed by atoms with Crippen LogP contribution in [0.15, 0.2) is 11.3 Å². The van der Waals surface area contributed by atoms with Crippen molar-refractivity contribution in [3.05, 3.63) is 12.2 Å². The molecule has 1 aliphatic heterocycles. The first-order valence-electron chi connectivity index (χ1n) is 6.03. The molecule has 5 nitrogen and oxygen atoms in total. The summed E-state index contributed by atoms with van der Waals surface area (Å²) >= 11 is 1.81. The number of hydrogen-bond donors (Lipinski definition) is 1. The zero-order valence-electron chi connectivity index (χ0n) is 10.6. The average Bonchev–Trinajstić information content (AvgIpc) is 2.72. The molecule has 94 valence electrons. The van der Waals surface area contributed by atoms with E-state index in [1.54, 1.807) is 18.1 Å². The Balaban J connectivity index is 2.00. The number of rotatable bonds is 3. The molecule has 0 saturated carbocycles. The van der Waals surface area contributed by atoms with E-state index in [2.05, 4.69) is 41.3 Å². The molecule has 1 saturated heterocycles. The molecule has 2 atom stereocenters. The predicted octanol–water partition coefficient (Wildman–Crippen LogP) is 1.66. The Morgan fingerprint density at radius 1 is 1.59 bits per heavy atom. The number of aliphatic imine (C=N–C) groups is 1. The van der Waals surface area contributed by atoms with Crippen LogP contribution in [0.25, 0.3) is 0 Å². The first kappa shape index (κ1) is 12.4. The van der Waals surface area contributed by atoms with E-state index in [1.165, 1.54) is 6.42 Å². The van der Waals surface area contributed by atoms with E-state index in [9.17, 15) is 0 Å². The lowest BCUT2D eigenvalue weighted by Crippen LogP contribution is -2.38. The molecule has 2 rings (SSSR count). The molecule has 1 fully saturated rings. The van der Waals surface area contributed by atoms with Crippen molar-refractivity contribution in [2.75, 3.05) is 0 Å². The maximum Gasteiger partial charge on any atom is 0.157 e. The lowest BCUT2D eigenvalue weighted by Gasteiger charge is -2.26. The summed E-state index contributed by atoms with van der Waals surface area (Å²) in [6.45, 7) is 8.01. The summed E-state index contributed by atoms with van der Waals surface area (Å²) in [6, 6.07) is 0.508. The molecule has 0 amide bonds. The van der Waals surface area contributed by atoms with Crippen molar-refractivity contribution in [2.24, 2.45) is 4.99 Å². The second kappa shape index (κ2) is 5.53. The normalized spacial score (nSPS) is 27.1. The summed E-state index contributed by atoms with van der Waals surface area (Å²) in [4.78, 5) is 4.58. The van der Waals surface area contributed by atoms with E-state index in [0.717, 1.165) is 17.5 Å². The van der Waals surface area contributed by atoms with E-state index in [0.29, 0.717) is 17.8 Å². The number of nitrogens with zero attached hydrogens (tertiary/aromatic N) is 4. The minimum Gasteiger partial charge on any atom is -0.362 e. The third-order valence-electron chi connectivity index (χ3n) is 2.77. The van der Waals surface area contributed by atoms with Crippen LogP contribution >= 0.6 is 11.8 Å². The van der Waals surface area contributed by atoms with Crippen LogP contribution in [-0.2, 0) is 13.1 Å². The monoisotopic (exact) mass is 253 g/mol. The van der Waals surface area contributed by atoms with Crippen LogP contribution in [0.4, 0.5) is 0 Å². The zero-order chi connectivity index (χ0) is 12.3. The molecule has 1 aromatic heterocycles. The van der Waals surface area contributed by atoms with Crippen molar-refractivity contribution in [2.45, 2.75) is 51.6 Å².